The van der Waals surface area contributed by atoms with E-state index in [2.05, 4.69) is 67.5 Å². The molecule has 0 aliphatic carbocycles. The summed E-state index contributed by atoms with van der Waals surface area (Å²) in [5.74, 6) is 0. The van der Waals surface area contributed by atoms with Crippen LogP contribution in [0.2, 0.25) is 0 Å². The zero-order valence-corrected chi connectivity index (χ0v) is 12.9. The maximum atomic E-state index is 2.42. The molecule has 0 fully saturated rings. The van der Waals surface area contributed by atoms with E-state index in [1.807, 2.05) is 0 Å². The van der Waals surface area contributed by atoms with Crippen molar-refractivity contribution in [3.05, 3.63) is 34.4 Å². The molecular formula is C17H28. The van der Waals surface area contributed by atoms with Gasteiger partial charge in [0, 0.05) is 0 Å². The first-order chi connectivity index (χ1) is 7.59. The SMILES string of the molecule is CCC(C)(C)c1cc(C(C)(C)C)cc(C)c1C. The molecule has 0 radical (unpaired) electrons. The van der Waals surface area contributed by atoms with E-state index < -0.39 is 0 Å². The zero-order valence-electron chi connectivity index (χ0n) is 12.9. The quantitative estimate of drug-likeness (QED) is 0.650. The third kappa shape index (κ3) is 2.91. The first kappa shape index (κ1) is 14.3. The van der Waals surface area contributed by atoms with Crippen molar-refractivity contribution in [2.75, 3.05) is 0 Å². The highest BCUT2D eigenvalue weighted by molar-refractivity contribution is 5.43. The maximum Gasteiger partial charge on any atom is -0.0103 e. The third-order valence-corrected chi connectivity index (χ3v) is 4.15. The van der Waals surface area contributed by atoms with Crippen LogP contribution in [0.4, 0.5) is 0 Å². The highest BCUT2D eigenvalue weighted by Crippen LogP contribution is 2.34. The van der Waals surface area contributed by atoms with Gasteiger partial charge in [-0.2, -0.15) is 0 Å². The zero-order chi connectivity index (χ0) is 13.4. The molecule has 0 aromatic heterocycles. The predicted molar refractivity (Wildman–Crippen MR) is 77.9 cm³/mol. The molecule has 0 N–H and O–H groups in total. The minimum Gasteiger partial charge on any atom is -0.0646 e. The molecule has 0 aliphatic rings. The van der Waals surface area contributed by atoms with Crippen LogP contribution >= 0.6 is 0 Å². The van der Waals surface area contributed by atoms with E-state index in [1.165, 1.54) is 28.7 Å². The van der Waals surface area contributed by atoms with Gasteiger partial charge in [0.25, 0.3) is 0 Å². The molecule has 0 nitrogen and oxygen atoms in total. The highest BCUT2D eigenvalue weighted by Gasteiger charge is 2.24. The molecule has 0 amide bonds. The Balaban J connectivity index is 3.46. The first-order valence-corrected chi connectivity index (χ1v) is 6.72. The van der Waals surface area contributed by atoms with Gasteiger partial charge in [-0.15, -0.1) is 0 Å². The van der Waals surface area contributed by atoms with E-state index in [-0.39, 0.29) is 10.8 Å². The standard InChI is InChI=1S/C17H28/c1-9-17(7,8)15-11-14(16(4,5)6)10-12(2)13(15)3/h10-11H,9H2,1-8H3. The van der Waals surface area contributed by atoms with E-state index in [4.69, 9.17) is 0 Å². The molecule has 1 rings (SSSR count). The van der Waals surface area contributed by atoms with Crippen LogP contribution in [0, 0.1) is 13.8 Å². The van der Waals surface area contributed by atoms with E-state index in [0.29, 0.717) is 0 Å². The van der Waals surface area contributed by atoms with Crippen molar-refractivity contribution in [1.82, 2.24) is 0 Å². The summed E-state index contributed by atoms with van der Waals surface area (Å²) >= 11 is 0. The summed E-state index contributed by atoms with van der Waals surface area (Å²) in [5, 5.41) is 0. The summed E-state index contributed by atoms with van der Waals surface area (Å²) in [6, 6.07) is 4.77. The van der Waals surface area contributed by atoms with Crippen LogP contribution in [-0.2, 0) is 10.8 Å². The van der Waals surface area contributed by atoms with Crippen molar-refractivity contribution < 1.29 is 0 Å². The number of benzene rings is 1. The van der Waals surface area contributed by atoms with Crippen LogP contribution in [0.3, 0.4) is 0 Å². The minimum absolute atomic E-state index is 0.233. The summed E-state index contributed by atoms with van der Waals surface area (Å²) in [6.07, 6.45) is 1.18. The topological polar surface area (TPSA) is 0 Å². The van der Waals surface area contributed by atoms with Gasteiger partial charge in [-0.1, -0.05) is 53.7 Å². The average molecular weight is 232 g/mol. The van der Waals surface area contributed by atoms with Crippen molar-refractivity contribution in [2.45, 2.75) is 72.6 Å². The normalized spacial score (nSPS) is 12.9. The fourth-order valence-corrected chi connectivity index (χ4v) is 2.19. The Hall–Kier alpha value is -0.780. The maximum absolute atomic E-state index is 2.42. The largest absolute Gasteiger partial charge is 0.0646 e. The van der Waals surface area contributed by atoms with Crippen LogP contribution in [0.25, 0.3) is 0 Å². The lowest BCUT2D eigenvalue weighted by Gasteiger charge is -2.30. The summed E-state index contributed by atoms with van der Waals surface area (Å²) in [5.41, 5.74) is 6.37. The van der Waals surface area contributed by atoms with Gasteiger partial charge in [0.05, 0.1) is 0 Å². The minimum atomic E-state index is 0.233. The van der Waals surface area contributed by atoms with Crippen LogP contribution in [-0.4, -0.2) is 0 Å². The van der Waals surface area contributed by atoms with E-state index >= 15 is 0 Å². The molecule has 0 heterocycles. The number of hydrogen-bond donors (Lipinski definition) is 0. The molecule has 0 spiro atoms. The first-order valence-electron chi connectivity index (χ1n) is 6.72. The smallest absolute Gasteiger partial charge is 0.0103 e. The summed E-state index contributed by atoms with van der Waals surface area (Å²) < 4.78 is 0. The fraction of sp³-hybridized carbons (Fsp3) is 0.647. The molecule has 1 aromatic rings. The average Bonchev–Trinajstić information content (AvgIpc) is 2.20. The Morgan fingerprint density at radius 2 is 1.47 bits per heavy atom. The Labute approximate surface area is 107 Å². The molecule has 0 atom stereocenters. The highest BCUT2D eigenvalue weighted by atomic mass is 14.3. The van der Waals surface area contributed by atoms with Crippen molar-refractivity contribution >= 4 is 0 Å². The Kier molecular flexibility index (Phi) is 3.76. The second-order valence-corrected chi connectivity index (χ2v) is 6.95. The van der Waals surface area contributed by atoms with Crippen molar-refractivity contribution in [2.24, 2.45) is 0 Å². The van der Waals surface area contributed by atoms with Gasteiger partial charge >= 0.3 is 0 Å². The molecule has 96 valence electrons. The molecule has 0 unspecified atom stereocenters. The lowest BCUT2D eigenvalue weighted by molar-refractivity contribution is 0.498. The van der Waals surface area contributed by atoms with Crippen LogP contribution in [0.5, 0.6) is 0 Å². The molecule has 0 bridgehead atoms. The third-order valence-electron chi connectivity index (χ3n) is 4.15. The van der Waals surface area contributed by atoms with Gasteiger partial charge in [0.2, 0.25) is 0 Å². The monoisotopic (exact) mass is 232 g/mol. The fourth-order valence-electron chi connectivity index (χ4n) is 2.19. The number of aryl methyl sites for hydroxylation is 1. The second kappa shape index (κ2) is 4.48. The molecule has 0 aliphatic heterocycles. The lowest BCUT2D eigenvalue weighted by atomic mass is 9.75. The lowest BCUT2D eigenvalue weighted by Crippen LogP contribution is -2.20. The van der Waals surface area contributed by atoms with Crippen molar-refractivity contribution in [3.63, 3.8) is 0 Å². The Morgan fingerprint density at radius 3 is 1.88 bits per heavy atom. The molecule has 17 heavy (non-hydrogen) atoms. The van der Waals surface area contributed by atoms with Crippen LogP contribution in [0.15, 0.2) is 12.1 Å². The van der Waals surface area contributed by atoms with Gasteiger partial charge < -0.3 is 0 Å². The molecule has 0 saturated carbocycles. The van der Waals surface area contributed by atoms with Crippen molar-refractivity contribution in [3.8, 4) is 0 Å². The molecule has 0 heteroatoms. The molecule has 1 aromatic carbocycles. The summed E-state index contributed by atoms with van der Waals surface area (Å²) in [6.45, 7) is 18.3. The molecule has 0 saturated heterocycles. The van der Waals surface area contributed by atoms with E-state index in [9.17, 15) is 0 Å². The van der Waals surface area contributed by atoms with Crippen LogP contribution < -0.4 is 0 Å². The number of rotatable bonds is 2. The van der Waals surface area contributed by atoms with Crippen molar-refractivity contribution in [1.29, 1.82) is 0 Å². The Morgan fingerprint density at radius 1 is 0.941 bits per heavy atom. The second-order valence-electron chi connectivity index (χ2n) is 6.95. The Bertz CT molecular complexity index is 403. The van der Waals surface area contributed by atoms with E-state index in [1.54, 1.807) is 0 Å². The van der Waals surface area contributed by atoms with Gasteiger partial charge in [0.15, 0.2) is 0 Å². The van der Waals surface area contributed by atoms with Gasteiger partial charge in [-0.25, -0.2) is 0 Å². The van der Waals surface area contributed by atoms with E-state index in [0.717, 1.165) is 0 Å². The molecular weight excluding hydrogens is 204 g/mol. The number of hydrogen-bond acceptors (Lipinski definition) is 0. The van der Waals surface area contributed by atoms with Gasteiger partial charge in [0.1, 0.15) is 0 Å². The summed E-state index contributed by atoms with van der Waals surface area (Å²) in [4.78, 5) is 0. The van der Waals surface area contributed by atoms with Crippen LogP contribution in [0.1, 0.15) is 70.2 Å². The predicted octanol–water partition coefficient (Wildman–Crippen LogP) is 5.29. The van der Waals surface area contributed by atoms with Gasteiger partial charge in [-0.05, 0) is 53.4 Å². The van der Waals surface area contributed by atoms with Gasteiger partial charge in [-0.3, -0.25) is 0 Å². The summed E-state index contributed by atoms with van der Waals surface area (Å²) in [7, 11) is 0.